The van der Waals surface area contributed by atoms with E-state index >= 15 is 0 Å². The summed E-state index contributed by atoms with van der Waals surface area (Å²) in [5, 5.41) is 7.84. The normalized spacial score (nSPS) is 12.4. The van der Waals surface area contributed by atoms with E-state index in [1.54, 1.807) is 0 Å². The summed E-state index contributed by atoms with van der Waals surface area (Å²) in [6.07, 6.45) is -1.17. The molecular formula is C12H13Cl3FN3OS. The molecule has 0 aliphatic carbocycles. The van der Waals surface area contributed by atoms with Gasteiger partial charge < -0.3 is 16.0 Å². The van der Waals surface area contributed by atoms with E-state index in [2.05, 4.69) is 16.0 Å². The number of anilines is 1. The monoisotopic (exact) mass is 371 g/mol. The molecule has 0 unspecified atom stereocenters. The number of carbonyl (C=O) groups excluding carboxylic acids is 1. The highest BCUT2D eigenvalue weighted by atomic mass is 35.6. The van der Waals surface area contributed by atoms with Crippen molar-refractivity contribution >= 4 is 63.7 Å². The average Bonchev–Trinajstić information content (AvgIpc) is 2.39. The van der Waals surface area contributed by atoms with Gasteiger partial charge >= 0.3 is 0 Å². The lowest BCUT2D eigenvalue weighted by Crippen LogP contribution is -2.56. The lowest BCUT2D eigenvalue weighted by molar-refractivity contribution is -0.122. The topological polar surface area (TPSA) is 53.2 Å². The molecule has 116 valence electrons. The molecule has 0 heterocycles. The highest BCUT2D eigenvalue weighted by Crippen LogP contribution is 2.29. The Morgan fingerprint density at radius 2 is 1.95 bits per heavy atom. The number of hydrogen-bond donors (Lipinski definition) is 3. The van der Waals surface area contributed by atoms with E-state index in [0.717, 1.165) is 11.3 Å². The number of nitrogens with one attached hydrogen (secondary N) is 3. The molecule has 4 nitrogen and oxygen atoms in total. The third-order valence-electron chi connectivity index (χ3n) is 2.42. The van der Waals surface area contributed by atoms with Crippen LogP contribution >= 0.6 is 47.0 Å². The van der Waals surface area contributed by atoms with Crippen LogP contribution < -0.4 is 16.0 Å². The van der Waals surface area contributed by atoms with Gasteiger partial charge in [0, 0.05) is 5.69 Å². The first kappa shape index (κ1) is 18.2. The van der Waals surface area contributed by atoms with E-state index in [4.69, 9.17) is 47.0 Å². The summed E-state index contributed by atoms with van der Waals surface area (Å²) >= 11 is 22.3. The third-order valence-corrected chi connectivity index (χ3v) is 3.30. The molecule has 1 amide bonds. The molecule has 0 radical (unpaired) electrons. The van der Waals surface area contributed by atoms with Crippen molar-refractivity contribution in [3.05, 3.63) is 29.8 Å². The maximum atomic E-state index is 12.3. The Balaban J connectivity index is 2.73. The van der Waals surface area contributed by atoms with Crippen LogP contribution in [0.15, 0.2) is 24.3 Å². The van der Waals surface area contributed by atoms with Gasteiger partial charge in [0.1, 0.15) is 6.17 Å². The lowest BCUT2D eigenvalue weighted by Gasteiger charge is -2.27. The highest BCUT2D eigenvalue weighted by molar-refractivity contribution is 7.80. The predicted molar refractivity (Wildman–Crippen MR) is 88.7 cm³/mol. The SMILES string of the molecule is Cc1ccccc1NC(=S)N[C@@H](NC(=O)CF)C(Cl)(Cl)Cl. The number of alkyl halides is 4. The van der Waals surface area contributed by atoms with Crippen molar-refractivity contribution in [3.63, 3.8) is 0 Å². The van der Waals surface area contributed by atoms with Gasteiger partial charge in [0.15, 0.2) is 11.8 Å². The molecule has 1 atom stereocenters. The number of thiocarbonyl (C=S) groups is 1. The van der Waals surface area contributed by atoms with Gasteiger partial charge in [-0.1, -0.05) is 53.0 Å². The summed E-state index contributed by atoms with van der Waals surface area (Å²) in [5.74, 6) is -0.919. The van der Waals surface area contributed by atoms with Crippen LogP contribution in [-0.4, -0.2) is 27.7 Å². The van der Waals surface area contributed by atoms with Crippen LogP contribution in [0.3, 0.4) is 0 Å². The first-order valence-corrected chi connectivity index (χ1v) is 7.33. The van der Waals surface area contributed by atoms with Crippen molar-refractivity contribution in [3.8, 4) is 0 Å². The van der Waals surface area contributed by atoms with Gasteiger partial charge in [-0.05, 0) is 30.8 Å². The molecule has 0 aliphatic heterocycles. The van der Waals surface area contributed by atoms with E-state index in [-0.39, 0.29) is 5.11 Å². The molecule has 9 heteroatoms. The van der Waals surface area contributed by atoms with Crippen LogP contribution in [0.2, 0.25) is 0 Å². The van der Waals surface area contributed by atoms with E-state index in [1.165, 1.54) is 0 Å². The Hall–Kier alpha value is -0.820. The summed E-state index contributed by atoms with van der Waals surface area (Å²) in [4.78, 5) is 11.1. The number of hydrogen-bond acceptors (Lipinski definition) is 2. The predicted octanol–water partition coefficient (Wildman–Crippen LogP) is 3.06. The zero-order valence-corrected chi connectivity index (χ0v) is 14.0. The van der Waals surface area contributed by atoms with Crippen LogP contribution in [0.4, 0.5) is 10.1 Å². The van der Waals surface area contributed by atoms with Gasteiger partial charge in [0.05, 0.1) is 0 Å². The maximum absolute atomic E-state index is 12.3. The molecule has 0 fully saturated rings. The molecule has 0 saturated carbocycles. The zero-order valence-electron chi connectivity index (χ0n) is 10.9. The first-order chi connectivity index (χ1) is 9.74. The van der Waals surface area contributed by atoms with Gasteiger partial charge in [0.25, 0.3) is 5.91 Å². The van der Waals surface area contributed by atoms with E-state index in [1.807, 2.05) is 31.2 Å². The minimum Gasteiger partial charge on any atom is -0.339 e. The van der Waals surface area contributed by atoms with E-state index < -0.39 is 22.5 Å². The Kier molecular flexibility index (Phi) is 6.93. The number of amides is 1. The molecule has 1 aromatic rings. The number of halogens is 4. The first-order valence-electron chi connectivity index (χ1n) is 5.79. The maximum Gasteiger partial charge on any atom is 0.253 e. The van der Waals surface area contributed by atoms with Crippen molar-refractivity contribution in [1.29, 1.82) is 0 Å². The van der Waals surface area contributed by atoms with Gasteiger partial charge in [-0.25, -0.2) is 4.39 Å². The Morgan fingerprint density at radius 1 is 1.33 bits per heavy atom. The quantitative estimate of drug-likeness (QED) is 0.432. The molecule has 0 aliphatic rings. The van der Waals surface area contributed by atoms with Gasteiger partial charge in [-0.3, -0.25) is 4.79 Å². The van der Waals surface area contributed by atoms with Gasteiger partial charge in [0.2, 0.25) is 3.79 Å². The molecule has 1 aromatic carbocycles. The average molecular weight is 373 g/mol. The summed E-state index contributed by atoms with van der Waals surface area (Å²) < 4.78 is 10.4. The van der Waals surface area contributed by atoms with Gasteiger partial charge in [-0.15, -0.1) is 0 Å². The number of benzene rings is 1. The fourth-order valence-electron chi connectivity index (χ4n) is 1.40. The molecule has 0 bridgehead atoms. The number of aryl methyl sites for hydroxylation is 1. The van der Waals surface area contributed by atoms with Crippen molar-refractivity contribution < 1.29 is 9.18 Å². The Morgan fingerprint density at radius 3 is 2.48 bits per heavy atom. The number of rotatable bonds is 4. The Bertz CT molecular complexity index is 525. The fourth-order valence-corrected chi connectivity index (χ4v) is 1.96. The van der Waals surface area contributed by atoms with E-state index in [0.29, 0.717) is 0 Å². The van der Waals surface area contributed by atoms with Crippen molar-refractivity contribution in [2.45, 2.75) is 16.9 Å². The number of carbonyl (C=O) groups is 1. The molecule has 3 N–H and O–H groups in total. The highest BCUT2D eigenvalue weighted by Gasteiger charge is 2.34. The van der Waals surface area contributed by atoms with Crippen LogP contribution in [-0.2, 0) is 4.79 Å². The summed E-state index contributed by atoms with van der Waals surface area (Å²) in [5.41, 5.74) is 1.72. The van der Waals surface area contributed by atoms with Crippen molar-refractivity contribution in [2.75, 3.05) is 12.0 Å². The zero-order chi connectivity index (χ0) is 16.0. The molecular weight excluding hydrogens is 360 g/mol. The summed E-state index contributed by atoms with van der Waals surface area (Å²) in [6.45, 7) is 0.666. The van der Waals surface area contributed by atoms with Crippen LogP contribution in [0.1, 0.15) is 5.56 Å². The molecule has 1 rings (SSSR count). The molecule has 0 saturated heterocycles. The van der Waals surface area contributed by atoms with Gasteiger partial charge in [-0.2, -0.15) is 0 Å². The second-order valence-corrected chi connectivity index (χ2v) is 6.87. The fraction of sp³-hybridized carbons (Fsp3) is 0.333. The standard InChI is InChI=1S/C12H13Cl3FN3OS/c1-7-4-2-3-5-8(7)17-11(21)19-10(12(13,14)15)18-9(20)6-16/h2-5,10H,6H2,1H3,(H,18,20)(H2,17,19,21)/t10-/m1/s1. The smallest absolute Gasteiger partial charge is 0.253 e. The van der Waals surface area contributed by atoms with Crippen molar-refractivity contribution in [2.24, 2.45) is 0 Å². The van der Waals surface area contributed by atoms with Crippen molar-refractivity contribution in [1.82, 2.24) is 10.6 Å². The third kappa shape index (κ3) is 6.22. The lowest BCUT2D eigenvalue weighted by atomic mass is 10.2. The minimum atomic E-state index is -1.90. The molecule has 0 spiro atoms. The minimum absolute atomic E-state index is 0.125. The van der Waals surface area contributed by atoms with Crippen LogP contribution in [0, 0.1) is 6.92 Å². The largest absolute Gasteiger partial charge is 0.339 e. The summed E-state index contributed by atoms with van der Waals surface area (Å²) in [7, 11) is 0. The molecule has 21 heavy (non-hydrogen) atoms. The Labute approximate surface area is 142 Å². The summed E-state index contributed by atoms with van der Waals surface area (Å²) in [6, 6.07) is 7.41. The number of para-hydroxylation sites is 1. The van der Waals surface area contributed by atoms with E-state index in [9.17, 15) is 9.18 Å². The second kappa shape index (κ2) is 7.98. The van der Waals surface area contributed by atoms with Crippen LogP contribution in [0.25, 0.3) is 0 Å². The molecule has 0 aromatic heterocycles. The second-order valence-electron chi connectivity index (χ2n) is 4.09. The van der Waals surface area contributed by atoms with Crippen LogP contribution in [0.5, 0.6) is 0 Å².